The number of nitriles is 1. The van der Waals surface area contributed by atoms with Crippen molar-refractivity contribution in [3.63, 3.8) is 0 Å². The van der Waals surface area contributed by atoms with Crippen LogP contribution in [0.2, 0.25) is 0 Å². The zero-order chi connectivity index (χ0) is 13.3. The number of hydrogen-bond acceptors (Lipinski definition) is 5. The van der Waals surface area contributed by atoms with E-state index < -0.39 is 0 Å². The van der Waals surface area contributed by atoms with Gasteiger partial charge in [-0.2, -0.15) is 5.26 Å². The van der Waals surface area contributed by atoms with Gasteiger partial charge in [0.1, 0.15) is 21.6 Å². The summed E-state index contributed by atoms with van der Waals surface area (Å²) in [5.41, 5.74) is 6.40. The third-order valence-corrected chi connectivity index (χ3v) is 4.79. The van der Waals surface area contributed by atoms with E-state index in [0.717, 1.165) is 18.1 Å². The number of thiophene rings is 1. The molecule has 5 heteroatoms. The quantitative estimate of drug-likeness (QED) is 0.912. The first-order chi connectivity index (χ1) is 8.58. The average molecular weight is 265 g/mol. The first-order valence-corrected chi connectivity index (χ1v) is 7.01. The largest absolute Gasteiger partial charge is 0.492 e. The summed E-state index contributed by atoms with van der Waals surface area (Å²) in [4.78, 5) is 2.85. The zero-order valence-electron chi connectivity index (χ0n) is 11.1. The van der Waals surface area contributed by atoms with Crippen molar-refractivity contribution in [3.8, 4) is 11.8 Å². The van der Waals surface area contributed by atoms with Gasteiger partial charge in [0.2, 0.25) is 0 Å². The number of nitrogen functional groups attached to an aromatic ring is 1. The summed E-state index contributed by atoms with van der Waals surface area (Å²) in [5, 5.41) is 10.1. The van der Waals surface area contributed by atoms with Crippen molar-refractivity contribution in [2.24, 2.45) is 11.8 Å². The van der Waals surface area contributed by atoms with Crippen molar-refractivity contribution in [2.75, 3.05) is 30.8 Å². The van der Waals surface area contributed by atoms with Crippen molar-refractivity contribution >= 4 is 22.0 Å². The number of hydrogen-bond donors (Lipinski definition) is 1. The molecule has 1 aliphatic heterocycles. The Morgan fingerprint density at radius 2 is 2.28 bits per heavy atom. The molecule has 0 aromatic carbocycles. The zero-order valence-corrected chi connectivity index (χ0v) is 11.9. The van der Waals surface area contributed by atoms with E-state index in [4.69, 9.17) is 15.7 Å². The van der Waals surface area contributed by atoms with E-state index in [9.17, 15) is 0 Å². The van der Waals surface area contributed by atoms with Crippen LogP contribution in [0.1, 0.15) is 25.1 Å². The van der Waals surface area contributed by atoms with Crippen molar-refractivity contribution in [1.82, 2.24) is 0 Å². The fourth-order valence-electron chi connectivity index (χ4n) is 2.42. The molecule has 1 aromatic rings. The van der Waals surface area contributed by atoms with E-state index >= 15 is 0 Å². The summed E-state index contributed by atoms with van der Waals surface area (Å²) in [6.07, 6.45) is 1.19. The normalized spacial score (nSPS) is 19.3. The first-order valence-electron chi connectivity index (χ1n) is 6.19. The Hall–Kier alpha value is -1.41. The molecule has 1 atom stereocenters. The van der Waals surface area contributed by atoms with Crippen molar-refractivity contribution in [2.45, 2.75) is 20.3 Å². The van der Waals surface area contributed by atoms with E-state index in [1.54, 1.807) is 7.11 Å². The third-order valence-electron chi connectivity index (χ3n) is 3.64. The van der Waals surface area contributed by atoms with E-state index in [-0.39, 0.29) is 0 Å². The highest BCUT2D eigenvalue weighted by molar-refractivity contribution is 7.17. The highest BCUT2D eigenvalue weighted by atomic mass is 32.1. The van der Waals surface area contributed by atoms with Crippen molar-refractivity contribution in [3.05, 3.63) is 4.88 Å². The van der Waals surface area contributed by atoms with E-state index in [1.165, 1.54) is 17.8 Å². The van der Waals surface area contributed by atoms with Gasteiger partial charge < -0.3 is 15.4 Å². The number of rotatable bonds is 3. The van der Waals surface area contributed by atoms with Gasteiger partial charge in [-0.25, -0.2) is 0 Å². The Kier molecular flexibility index (Phi) is 3.67. The van der Waals surface area contributed by atoms with Crippen LogP contribution in [-0.2, 0) is 0 Å². The Bertz CT molecular complexity index is 475. The van der Waals surface area contributed by atoms with Crippen LogP contribution >= 0.6 is 11.3 Å². The van der Waals surface area contributed by atoms with Gasteiger partial charge in [0.15, 0.2) is 5.75 Å². The molecule has 1 aromatic heterocycles. The van der Waals surface area contributed by atoms with Crippen LogP contribution in [0.25, 0.3) is 0 Å². The molecule has 0 radical (unpaired) electrons. The minimum atomic E-state index is 0.480. The average Bonchev–Trinajstić information content (AvgIpc) is 2.93. The van der Waals surface area contributed by atoms with Crippen LogP contribution in [0.4, 0.5) is 10.7 Å². The number of anilines is 2. The maximum absolute atomic E-state index is 9.04. The van der Waals surface area contributed by atoms with Crippen LogP contribution in [0.5, 0.6) is 5.75 Å². The second-order valence-electron chi connectivity index (χ2n) is 5.03. The second-order valence-corrected chi connectivity index (χ2v) is 6.03. The maximum atomic E-state index is 9.04. The molecule has 0 saturated carbocycles. The molecule has 2 N–H and O–H groups in total. The van der Waals surface area contributed by atoms with Gasteiger partial charge in [0.05, 0.1) is 7.11 Å². The number of methoxy groups -OCH3 is 1. The maximum Gasteiger partial charge on any atom is 0.177 e. The standard InChI is InChI=1S/C13H19N3OS/c1-8(2)9-4-5-16(7-9)13-12(17-3)11(15)10(6-14)18-13/h8-9H,4-5,7,15H2,1-3H3. The lowest BCUT2D eigenvalue weighted by molar-refractivity contribution is 0.415. The summed E-state index contributed by atoms with van der Waals surface area (Å²) < 4.78 is 5.36. The fourth-order valence-corrected chi connectivity index (χ4v) is 3.44. The molecule has 18 heavy (non-hydrogen) atoms. The van der Waals surface area contributed by atoms with Crippen LogP contribution < -0.4 is 15.4 Å². The third kappa shape index (κ3) is 2.13. The van der Waals surface area contributed by atoms with Gasteiger partial charge in [-0.15, -0.1) is 11.3 Å². The Morgan fingerprint density at radius 1 is 1.56 bits per heavy atom. The molecule has 1 saturated heterocycles. The highest BCUT2D eigenvalue weighted by Crippen LogP contribution is 2.46. The summed E-state index contributed by atoms with van der Waals surface area (Å²) in [6.45, 7) is 6.56. The summed E-state index contributed by atoms with van der Waals surface area (Å²) in [7, 11) is 1.61. The van der Waals surface area contributed by atoms with Crippen molar-refractivity contribution in [1.29, 1.82) is 5.26 Å². The first kappa shape index (κ1) is 13.0. The van der Waals surface area contributed by atoms with Crippen LogP contribution in [0.15, 0.2) is 0 Å². The van der Waals surface area contributed by atoms with E-state index in [0.29, 0.717) is 28.1 Å². The van der Waals surface area contributed by atoms with Crippen LogP contribution in [-0.4, -0.2) is 20.2 Å². The molecule has 4 nitrogen and oxygen atoms in total. The summed E-state index contributed by atoms with van der Waals surface area (Å²) in [6, 6.07) is 2.13. The highest BCUT2D eigenvalue weighted by Gasteiger charge is 2.29. The predicted octanol–water partition coefficient (Wildman–Crippen LogP) is 2.69. The number of ether oxygens (including phenoxy) is 1. The minimum Gasteiger partial charge on any atom is -0.492 e. The molecule has 0 amide bonds. The Balaban J connectivity index is 2.27. The number of nitrogens with two attached hydrogens (primary N) is 1. The Labute approximate surface area is 112 Å². The molecular formula is C13H19N3OS. The van der Waals surface area contributed by atoms with Crippen LogP contribution in [0, 0.1) is 23.2 Å². The molecule has 0 aliphatic carbocycles. The molecule has 1 aliphatic rings. The topological polar surface area (TPSA) is 62.3 Å². The van der Waals surface area contributed by atoms with Crippen LogP contribution in [0.3, 0.4) is 0 Å². The molecule has 0 bridgehead atoms. The lowest BCUT2D eigenvalue weighted by atomic mass is 9.95. The summed E-state index contributed by atoms with van der Waals surface area (Å²) >= 11 is 1.44. The molecule has 2 rings (SSSR count). The second kappa shape index (κ2) is 5.07. The monoisotopic (exact) mass is 265 g/mol. The molecule has 1 unspecified atom stereocenters. The van der Waals surface area contributed by atoms with Gasteiger partial charge in [-0.3, -0.25) is 0 Å². The lowest BCUT2D eigenvalue weighted by Crippen LogP contribution is -2.20. The minimum absolute atomic E-state index is 0.480. The Morgan fingerprint density at radius 3 is 2.78 bits per heavy atom. The SMILES string of the molecule is COc1c(N2CCC(C(C)C)C2)sc(C#N)c1N. The van der Waals surface area contributed by atoms with Gasteiger partial charge in [-0.1, -0.05) is 13.8 Å². The van der Waals surface area contributed by atoms with E-state index in [1.807, 2.05) is 0 Å². The number of nitrogens with zero attached hydrogens (tertiary/aromatic N) is 2. The lowest BCUT2D eigenvalue weighted by Gasteiger charge is -2.19. The molecule has 0 spiro atoms. The summed E-state index contributed by atoms with van der Waals surface area (Å²) in [5.74, 6) is 2.07. The predicted molar refractivity (Wildman–Crippen MR) is 75.2 cm³/mol. The van der Waals surface area contributed by atoms with E-state index in [2.05, 4.69) is 24.8 Å². The smallest absolute Gasteiger partial charge is 0.177 e. The molecule has 2 heterocycles. The molecular weight excluding hydrogens is 246 g/mol. The van der Waals surface area contributed by atoms with Gasteiger partial charge >= 0.3 is 0 Å². The molecule has 98 valence electrons. The van der Waals surface area contributed by atoms with Gasteiger partial charge in [0.25, 0.3) is 0 Å². The molecule has 1 fully saturated rings. The fraction of sp³-hybridized carbons (Fsp3) is 0.615. The van der Waals surface area contributed by atoms with Gasteiger partial charge in [0, 0.05) is 13.1 Å². The van der Waals surface area contributed by atoms with Crippen molar-refractivity contribution < 1.29 is 4.74 Å². The van der Waals surface area contributed by atoms with Gasteiger partial charge in [-0.05, 0) is 18.3 Å².